The molecule has 0 radical (unpaired) electrons. The minimum atomic E-state index is -0.109. The summed E-state index contributed by atoms with van der Waals surface area (Å²) in [5.41, 5.74) is 18.6. The molecule has 0 fully saturated rings. The topological polar surface area (TPSA) is 0 Å². The summed E-state index contributed by atoms with van der Waals surface area (Å²) in [6, 6.07) is 68.6. The predicted molar refractivity (Wildman–Crippen MR) is 248 cm³/mol. The molecule has 0 aliphatic heterocycles. The van der Waals surface area contributed by atoms with Crippen LogP contribution in [0.4, 0.5) is 0 Å². The molecule has 0 heteroatoms. The summed E-state index contributed by atoms with van der Waals surface area (Å²) in [5.74, 6) is 0. The largest absolute Gasteiger partial charge is 0.0619 e. The van der Waals surface area contributed by atoms with Gasteiger partial charge in [0.15, 0.2) is 0 Å². The maximum Gasteiger partial charge on any atom is 0.0165 e. The second-order valence-electron chi connectivity index (χ2n) is 17.5. The van der Waals surface area contributed by atoms with Gasteiger partial charge in [-0.1, -0.05) is 204 Å². The van der Waals surface area contributed by atoms with Crippen LogP contribution in [0.1, 0.15) is 49.9 Å². The van der Waals surface area contributed by atoms with Crippen molar-refractivity contribution in [1.29, 1.82) is 0 Å². The fraction of sp³-hybridized carbons (Fsp3) is 0.103. The Morgan fingerprint density at radius 2 is 0.793 bits per heavy atom. The van der Waals surface area contributed by atoms with Gasteiger partial charge in [0.2, 0.25) is 0 Å². The monoisotopic (exact) mass is 738 g/mol. The molecule has 2 aliphatic carbocycles. The van der Waals surface area contributed by atoms with Crippen molar-refractivity contribution in [2.45, 2.75) is 38.5 Å². The van der Waals surface area contributed by atoms with Gasteiger partial charge in [0.1, 0.15) is 0 Å². The van der Waals surface area contributed by atoms with E-state index < -0.39 is 0 Å². The molecule has 0 aromatic heterocycles. The summed E-state index contributed by atoms with van der Waals surface area (Å²) in [5, 5.41) is 10.4. The van der Waals surface area contributed by atoms with Gasteiger partial charge in [-0.05, 0) is 127 Å². The first kappa shape index (κ1) is 33.4. The van der Waals surface area contributed by atoms with E-state index in [4.69, 9.17) is 0 Å². The first-order valence-corrected chi connectivity index (χ1v) is 20.7. The van der Waals surface area contributed by atoms with E-state index >= 15 is 0 Å². The highest BCUT2D eigenvalue weighted by Crippen LogP contribution is 2.56. The lowest BCUT2D eigenvalue weighted by Crippen LogP contribution is -2.15. The van der Waals surface area contributed by atoms with Crippen molar-refractivity contribution in [3.63, 3.8) is 0 Å². The number of hydrogen-bond donors (Lipinski definition) is 0. The highest BCUT2D eigenvalue weighted by Gasteiger charge is 2.39. The van der Waals surface area contributed by atoms with Crippen LogP contribution in [-0.2, 0) is 10.8 Å². The van der Waals surface area contributed by atoms with Crippen LogP contribution in [0, 0.1) is 0 Å². The molecule has 0 heterocycles. The van der Waals surface area contributed by atoms with Gasteiger partial charge in [-0.2, -0.15) is 0 Å². The molecular formula is C58H42. The fourth-order valence-corrected chi connectivity index (χ4v) is 11.2. The lowest BCUT2D eigenvalue weighted by atomic mass is 9.79. The van der Waals surface area contributed by atoms with Gasteiger partial charge in [-0.3, -0.25) is 0 Å². The molecule has 12 rings (SSSR count). The zero-order valence-electron chi connectivity index (χ0n) is 33.3. The van der Waals surface area contributed by atoms with Crippen LogP contribution < -0.4 is 0 Å². The van der Waals surface area contributed by atoms with E-state index in [1.807, 2.05) is 0 Å². The van der Waals surface area contributed by atoms with Gasteiger partial charge in [0, 0.05) is 10.8 Å². The van der Waals surface area contributed by atoms with Crippen LogP contribution in [0.5, 0.6) is 0 Å². The highest BCUT2D eigenvalue weighted by molar-refractivity contribution is 6.24. The third-order valence-electron chi connectivity index (χ3n) is 13.8. The number of hydrogen-bond acceptors (Lipinski definition) is 0. The molecule has 58 heavy (non-hydrogen) atoms. The molecule has 0 atom stereocenters. The van der Waals surface area contributed by atoms with Crippen LogP contribution >= 0.6 is 0 Å². The average molecular weight is 739 g/mol. The molecule has 10 aromatic carbocycles. The van der Waals surface area contributed by atoms with Gasteiger partial charge in [0.05, 0.1) is 0 Å². The van der Waals surface area contributed by atoms with Crippen LogP contribution in [0.15, 0.2) is 182 Å². The molecule has 0 spiro atoms. The van der Waals surface area contributed by atoms with E-state index in [0.717, 1.165) is 0 Å². The Balaban J connectivity index is 1.06. The normalized spacial score (nSPS) is 14.5. The van der Waals surface area contributed by atoms with E-state index in [1.54, 1.807) is 0 Å². The van der Waals surface area contributed by atoms with E-state index in [2.05, 4.69) is 210 Å². The van der Waals surface area contributed by atoms with Crippen molar-refractivity contribution in [2.24, 2.45) is 0 Å². The van der Waals surface area contributed by atoms with Crippen molar-refractivity contribution >= 4 is 43.1 Å². The minimum absolute atomic E-state index is 0.0923. The molecule has 0 bridgehead atoms. The molecule has 0 nitrogen and oxygen atoms in total. The third-order valence-corrected chi connectivity index (χ3v) is 13.8. The van der Waals surface area contributed by atoms with Crippen molar-refractivity contribution in [3.8, 4) is 55.6 Å². The van der Waals surface area contributed by atoms with Gasteiger partial charge < -0.3 is 0 Å². The molecule has 0 saturated carbocycles. The van der Waals surface area contributed by atoms with Crippen molar-refractivity contribution in [2.75, 3.05) is 0 Å². The average Bonchev–Trinajstić information content (AvgIpc) is 3.65. The predicted octanol–water partition coefficient (Wildman–Crippen LogP) is 15.9. The van der Waals surface area contributed by atoms with E-state index in [9.17, 15) is 0 Å². The lowest BCUT2D eigenvalue weighted by Gasteiger charge is -2.24. The summed E-state index contributed by atoms with van der Waals surface area (Å²) < 4.78 is 0. The molecule has 0 saturated heterocycles. The zero-order chi connectivity index (χ0) is 38.9. The molecule has 274 valence electrons. The fourth-order valence-electron chi connectivity index (χ4n) is 11.2. The number of rotatable bonds is 3. The lowest BCUT2D eigenvalue weighted by molar-refractivity contribution is 0.661. The van der Waals surface area contributed by atoms with Crippen LogP contribution in [0.2, 0.25) is 0 Å². The molecule has 2 aliphatic rings. The second-order valence-corrected chi connectivity index (χ2v) is 17.5. The Morgan fingerprint density at radius 3 is 1.48 bits per heavy atom. The Bertz CT molecular complexity index is 3320. The number of fused-ring (bicyclic) bond motifs is 12. The molecule has 0 unspecified atom stereocenters. The smallest absolute Gasteiger partial charge is 0.0165 e. The van der Waals surface area contributed by atoms with Gasteiger partial charge >= 0.3 is 0 Å². The van der Waals surface area contributed by atoms with Crippen molar-refractivity contribution in [3.05, 3.63) is 204 Å². The Hall–Kier alpha value is -6.76. The minimum Gasteiger partial charge on any atom is -0.0619 e. The van der Waals surface area contributed by atoms with Crippen LogP contribution in [-0.4, -0.2) is 0 Å². The molecule has 0 N–H and O–H groups in total. The zero-order valence-corrected chi connectivity index (χ0v) is 33.3. The van der Waals surface area contributed by atoms with E-state index in [1.165, 1.54) is 121 Å². The van der Waals surface area contributed by atoms with Crippen molar-refractivity contribution < 1.29 is 0 Å². The standard InChI is InChI=1S/C58H42/c1-57(2)49-26-14-13-24-46(49)55-41-19-8-7-18-40(41)48(34-51(55)57)53-44-22-11-9-20-42(44)52(43-21-10-12-23-45(43)53)37-30-28-36(29-31-37)38-25-15-27-50-54(38)47-33-32-35-16-5-6-17-39(35)56(47)58(50,3)4/h5-34H,1-4H3. The van der Waals surface area contributed by atoms with Crippen LogP contribution in [0.25, 0.3) is 98.7 Å². The molecular weight excluding hydrogens is 697 g/mol. The quantitative estimate of drug-likeness (QED) is 0.158. The summed E-state index contributed by atoms with van der Waals surface area (Å²) in [4.78, 5) is 0. The Kier molecular flexibility index (Phi) is 6.84. The van der Waals surface area contributed by atoms with E-state index in [0.29, 0.717) is 0 Å². The SMILES string of the molecule is CC1(C)c2ccccc2-c2c1cc(-c1c3ccccc3c(-c3ccc(-c4cccc5c4-c4ccc6ccccc6c4C5(C)C)cc3)c3ccccc13)c1ccccc21. The molecule has 10 aromatic rings. The number of benzene rings is 10. The summed E-state index contributed by atoms with van der Waals surface area (Å²) in [7, 11) is 0. The van der Waals surface area contributed by atoms with Crippen LogP contribution in [0.3, 0.4) is 0 Å². The summed E-state index contributed by atoms with van der Waals surface area (Å²) in [6.45, 7) is 9.57. The summed E-state index contributed by atoms with van der Waals surface area (Å²) >= 11 is 0. The van der Waals surface area contributed by atoms with E-state index in [-0.39, 0.29) is 10.8 Å². The highest BCUT2D eigenvalue weighted by atomic mass is 14.4. The van der Waals surface area contributed by atoms with Gasteiger partial charge in [-0.25, -0.2) is 0 Å². The summed E-state index contributed by atoms with van der Waals surface area (Å²) in [6.07, 6.45) is 0. The maximum absolute atomic E-state index is 2.53. The first-order chi connectivity index (χ1) is 28.3. The Morgan fingerprint density at radius 1 is 0.276 bits per heavy atom. The molecule has 0 amide bonds. The van der Waals surface area contributed by atoms with Gasteiger partial charge in [0.25, 0.3) is 0 Å². The second kappa shape index (κ2) is 11.9. The van der Waals surface area contributed by atoms with Crippen molar-refractivity contribution in [1.82, 2.24) is 0 Å². The first-order valence-electron chi connectivity index (χ1n) is 20.7. The maximum atomic E-state index is 2.53. The van der Waals surface area contributed by atoms with Gasteiger partial charge in [-0.15, -0.1) is 0 Å². The Labute approximate surface area is 340 Å². The third kappa shape index (κ3) is 4.41.